The van der Waals surface area contributed by atoms with Crippen LogP contribution in [0.2, 0.25) is 0 Å². The summed E-state index contributed by atoms with van der Waals surface area (Å²) in [7, 11) is -3.71. The van der Waals surface area contributed by atoms with E-state index in [4.69, 9.17) is 16.5 Å². The summed E-state index contributed by atoms with van der Waals surface area (Å²) in [6, 6.07) is 13.8. The summed E-state index contributed by atoms with van der Waals surface area (Å²) in [5.74, 6) is -0.0286. The first-order valence-electron chi connectivity index (χ1n) is 12.4. The van der Waals surface area contributed by atoms with Crippen molar-refractivity contribution in [2.45, 2.75) is 48.6 Å². The Balaban J connectivity index is 1.44. The van der Waals surface area contributed by atoms with Gasteiger partial charge in [0.15, 0.2) is 15.5 Å². The van der Waals surface area contributed by atoms with Crippen molar-refractivity contribution in [3.05, 3.63) is 60.6 Å². The second-order valence-corrected chi connectivity index (χ2v) is 11.9. The largest absolute Gasteiger partial charge is 0.408 e. The summed E-state index contributed by atoms with van der Waals surface area (Å²) in [6.45, 7) is 0. The normalized spacial score (nSPS) is 21.8. The molecule has 4 aromatic rings. The van der Waals surface area contributed by atoms with Gasteiger partial charge in [0, 0.05) is 47.1 Å². The molecular weight excluding hydrogens is 504 g/mol. The van der Waals surface area contributed by atoms with Crippen LogP contribution in [-0.2, 0) is 9.84 Å². The van der Waals surface area contributed by atoms with Crippen molar-refractivity contribution in [2.24, 2.45) is 10.9 Å². The lowest BCUT2D eigenvalue weighted by molar-refractivity contribution is 0.197. The number of nitrogens with two attached hydrogens (primary N) is 2. The van der Waals surface area contributed by atoms with E-state index in [0.29, 0.717) is 29.7 Å². The summed E-state index contributed by atoms with van der Waals surface area (Å²) in [5, 5.41) is 16.8. The lowest BCUT2D eigenvalue weighted by atomic mass is 9.88. The highest BCUT2D eigenvalue weighted by Gasteiger charge is 2.44. The molecule has 2 bridgehead atoms. The predicted octanol–water partition coefficient (Wildman–Crippen LogP) is 2.86. The molecule has 2 saturated heterocycles. The summed E-state index contributed by atoms with van der Waals surface area (Å²) < 4.78 is 27.3. The zero-order valence-electron chi connectivity index (χ0n) is 20.8. The van der Waals surface area contributed by atoms with Crippen molar-refractivity contribution >= 4 is 27.3 Å². The van der Waals surface area contributed by atoms with Crippen LogP contribution in [0, 0.1) is 0 Å². The molecule has 6 rings (SSSR count). The van der Waals surface area contributed by atoms with Crippen molar-refractivity contribution in [2.75, 3.05) is 12.0 Å². The fraction of sp³-hybridized carbons (Fsp3) is 0.308. The van der Waals surface area contributed by atoms with Crippen LogP contribution in [0.1, 0.15) is 37.3 Å². The van der Waals surface area contributed by atoms with Crippen LogP contribution < -0.4 is 11.5 Å². The lowest BCUT2D eigenvalue weighted by Crippen LogP contribution is -2.49. The van der Waals surface area contributed by atoms with E-state index in [2.05, 4.69) is 15.2 Å². The SMILES string of the molecule is CS(=O)(=O)c1c(C2C[C@H]3CC[C@@H](C2)N3C(N)=NO)nc2c(-c3ccc(-c4ccccc4)nc3)cnn2c1N. The Morgan fingerprint density at radius 3 is 2.37 bits per heavy atom. The summed E-state index contributed by atoms with van der Waals surface area (Å²) in [5.41, 5.74) is 16.7. The molecule has 1 unspecified atom stereocenters. The maximum atomic E-state index is 13.0. The first-order valence-corrected chi connectivity index (χ1v) is 14.3. The maximum absolute atomic E-state index is 13.0. The Bertz CT molecular complexity index is 1640. The standard InChI is InChI=1S/C26H28N8O3S/c1-38(36,37)23-22(17-11-18-8-9-19(12-17)33(18)26(28)32-35)31-25-20(14-30-34(25)24(23)27)16-7-10-21(29-13-16)15-5-3-2-4-6-15/h2-7,10,13-14,17-19,35H,8-9,11-12,27H2,1H3,(H2,28,32)/t17?,18-,19+. The highest BCUT2D eigenvalue weighted by Crippen LogP contribution is 2.45. The number of hydrogen-bond donors (Lipinski definition) is 3. The smallest absolute Gasteiger partial charge is 0.233 e. The number of hydrogen-bond acceptors (Lipinski definition) is 8. The highest BCUT2D eigenvalue weighted by molar-refractivity contribution is 7.91. The molecule has 5 heterocycles. The second-order valence-electron chi connectivity index (χ2n) is 9.99. The second kappa shape index (κ2) is 8.98. The monoisotopic (exact) mass is 532 g/mol. The Morgan fingerprint density at radius 2 is 1.76 bits per heavy atom. The molecule has 11 nitrogen and oxygen atoms in total. The molecule has 0 aliphatic carbocycles. The molecule has 0 amide bonds. The molecule has 2 aliphatic rings. The van der Waals surface area contributed by atoms with E-state index < -0.39 is 9.84 Å². The fourth-order valence-corrected chi connectivity index (χ4v) is 7.10. The van der Waals surface area contributed by atoms with Gasteiger partial charge in [-0.3, -0.25) is 4.98 Å². The first kappa shape index (κ1) is 24.2. The number of nitrogen functional groups attached to an aromatic ring is 1. The number of guanidine groups is 1. The number of fused-ring (bicyclic) bond motifs is 3. The van der Waals surface area contributed by atoms with Gasteiger partial charge in [0.2, 0.25) is 5.96 Å². The number of rotatable bonds is 4. The van der Waals surface area contributed by atoms with Gasteiger partial charge < -0.3 is 21.6 Å². The highest BCUT2D eigenvalue weighted by atomic mass is 32.2. The summed E-state index contributed by atoms with van der Waals surface area (Å²) in [6.07, 6.45) is 7.53. The van der Waals surface area contributed by atoms with Crippen LogP contribution in [0.15, 0.2) is 64.9 Å². The van der Waals surface area contributed by atoms with Crippen LogP contribution in [0.25, 0.3) is 28.0 Å². The fourth-order valence-electron chi connectivity index (χ4n) is 6.04. The van der Waals surface area contributed by atoms with E-state index in [-0.39, 0.29) is 34.7 Å². The van der Waals surface area contributed by atoms with E-state index in [1.165, 1.54) is 4.52 Å². The van der Waals surface area contributed by atoms with Crippen molar-refractivity contribution in [1.29, 1.82) is 0 Å². The maximum Gasteiger partial charge on any atom is 0.233 e. The minimum Gasteiger partial charge on any atom is -0.408 e. The molecule has 3 aromatic heterocycles. The number of nitrogens with zero attached hydrogens (tertiary/aromatic N) is 6. The quantitative estimate of drug-likeness (QED) is 0.155. The number of sulfone groups is 1. The van der Waals surface area contributed by atoms with Crippen LogP contribution in [-0.4, -0.2) is 62.4 Å². The topological polar surface area (TPSA) is 165 Å². The molecule has 0 saturated carbocycles. The average Bonchev–Trinajstić information content (AvgIpc) is 3.46. The van der Waals surface area contributed by atoms with Gasteiger partial charge in [-0.1, -0.05) is 41.6 Å². The Labute approximate surface area is 219 Å². The van der Waals surface area contributed by atoms with Crippen molar-refractivity contribution < 1.29 is 13.6 Å². The summed E-state index contributed by atoms with van der Waals surface area (Å²) >= 11 is 0. The molecule has 1 aromatic carbocycles. The minimum atomic E-state index is -3.71. The third-order valence-electron chi connectivity index (χ3n) is 7.67. The number of pyridine rings is 1. The number of aromatic nitrogens is 4. The average molecular weight is 533 g/mol. The molecule has 5 N–H and O–H groups in total. The molecular formula is C26H28N8O3S. The van der Waals surface area contributed by atoms with Gasteiger partial charge in [0.1, 0.15) is 10.7 Å². The summed E-state index contributed by atoms with van der Waals surface area (Å²) in [4.78, 5) is 11.5. The van der Waals surface area contributed by atoms with Crippen molar-refractivity contribution in [3.8, 4) is 22.4 Å². The molecule has 3 atom stereocenters. The van der Waals surface area contributed by atoms with E-state index in [0.717, 1.165) is 35.9 Å². The molecule has 12 heteroatoms. The van der Waals surface area contributed by atoms with E-state index in [9.17, 15) is 13.6 Å². The van der Waals surface area contributed by atoms with Gasteiger partial charge in [-0.15, -0.1) is 0 Å². The predicted molar refractivity (Wildman–Crippen MR) is 143 cm³/mol. The number of benzene rings is 1. The molecule has 2 fully saturated rings. The van der Waals surface area contributed by atoms with Crippen LogP contribution in [0.5, 0.6) is 0 Å². The van der Waals surface area contributed by atoms with Gasteiger partial charge in [-0.25, -0.2) is 13.4 Å². The van der Waals surface area contributed by atoms with Crippen LogP contribution in [0.4, 0.5) is 5.82 Å². The third-order valence-corrected chi connectivity index (χ3v) is 8.83. The first-order chi connectivity index (χ1) is 18.3. The molecule has 2 aliphatic heterocycles. The molecule has 196 valence electrons. The molecule has 38 heavy (non-hydrogen) atoms. The van der Waals surface area contributed by atoms with Gasteiger partial charge in [-0.05, 0) is 31.7 Å². The van der Waals surface area contributed by atoms with E-state index in [1.807, 2.05) is 47.4 Å². The Morgan fingerprint density at radius 1 is 1.05 bits per heavy atom. The number of oxime groups is 1. The Kier molecular flexibility index (Phi) is 5.71. The van der Waals surface area contributed by atoms with Gasteiger partial charge >= 0.3 is 0 Å². The van der Waals surface area contributed by atoms with Crippen molar-refractivity contribution in [1.82, 2.24) is 24.5 Å². The zero-order chi connectivity index (χ0) is 26.6. The van der Waals surface area contributed by atoms with E-state index >= 15 is 0 Å². The van der Waals surface area contributed by atoms with Crippen LogP contribution in [0.3, 0.4) is 0 Å². The van der Waals surface area contributed by atoms with Crippen LogP contribution >= 0.6 is 0 Å². The number of piperidine rings is 1. The van der Waals surface area contributed by atoms with Gasteiger partial charge in [-0.2, -0.15) is 9.61 Å². The third kappa shape index (κ3) is 3.92. The lowest BCUT2D eigenvalue weighted by Gasteiger charge is -2.39. The molecule has 0 radical (unpaired) electrons. The zero-order valence-corrected chi connectivity index (χ0v) is 21.6. The Hall–Kier alpha value is -4.19. The van der Waals surface area contributed by atoms with E-state index in [1.54, 1.807) is 12.4 Å². The molecule has 0 spiro atoms. The van der Waals surface area contributed by atoms with Gasteiger partial charge in [0.05, 0.1) is 17.6 Å². The minimum absolute atomic E-state index is 0.0128. The van der Waals surface area contributed by atoms with Gasteiger partial charge in [0.25, 0.3) is 0 Å². The number of anilines is 1. The van der Waals surface area contributed by atoms with Crippen molar-refractivity contribution in [3.63, 3.8) is 0 Å².